The van der Waals surface area contributed by atoms with Gasteiger partial charge in [0.25, 0.3) is 0 Å². The van der Waals surface area contributed by atoms with E-state index in [1.807, 2.05) is 13.0 Å². The number of anilines is 1. The molecule has 9 heteroatoms. The number of benzene rings is 1. The first-order valence-corrected chi connectivity index (χ1v) is 14.1. The van der Waals surface area contributed by atoms with E-state index in [-0.39, 0.29) is 30.4 Å². The number of nitrogens with zero attached hydrogens (tertiary/aromatic N) is 2. The van der Waals surface area contributed by atoms with Crippen LogP contribution in [-0.4, -0.2) is 63.5 Å². The van der Waals surface area contributed by atoms with Crippen LogP contribution in [0.15, 0.2) is 35.1 Å². The number of ether oxygens (including phenoxy) is 1. The first-order chi connectivity index (χ1) is 18.1. The molecule has 2 saturated heterocycles. The molecule has 2 heterocycles. The fourth-order valence-corrected chi connectivity index (χ4v) is 6.87. The van der Waals surface area contributed by atoms with E-state index in [0.717, 1.165) is 54.5 Å². The third-order valence-corrected chi connectivity index (χ3v) is 8.53. The number of likely N-dealkylation sites (tertiary alicyclic amines) is 1. The number of nitrogen functional groups attached to an aromatic ring is 1. The molecule has 2 unspecified atom stereocenters. The zero-order chi connectivity index (χ0) is 29.2. The molecule has 8 N–H and O–H groups in total. The highest BCUT2D eigenvalue weighted by Gasteiger charge is 2.49. The smallest absolute Gasteiger partial charge is 0.0934 e. The van der Waals surface area contributed by atoms with Gasteiger partial charge in [-0.15, -0.1) is 0 Å². The lowest BCUT2D eigenvalue weighted by Gasteiger charge is -2.53. The van der Waals surface area contributed by atoms with E-state index in [2.05, 4.69) is 37.6 Å². The number of allylic oxidation sites excluding steroid dienone is 2. The van der Waals surface area contributed by atoms with Crippen molar-refractivity contribution >= 4 is 33.3 Å². The summed E-state index contributed by atoms with van der Waals surface area (Å²) in [6.45, 7) is 12.8. The maximum atomic E-state index is 6.69. The molecule has 1 aliphatic carbocycles. The molecule has 0 bridgehead atoms. The number of hydrogen-bond donors (Lipinski definition) is 4. The molecule has 0 aromatic heterocycles. The molecule has 3 fully saturated rings. The fourth-order valence-electron chi connectivity index (χ4n) is 6.87. The van der Waals surface area contributed by atoms with Gasteiger partial charge in [0.2, 0.25) is 0 Å². The zero-order valence-electron chi connectivity index (χ0n) is 24.8. The highest BCUT2D eigenvalue weighted by atomic mass is 16.5. The average molecular weight is 546 g/mol. The Balaban J connectivity index is 0.000000277. The first kappa shape index (κ1) is 33.8. The van der Waals surface area contributed by atoms with E-state index >= 15 is 0 Å². The van der Waals surface area contributed by atoms with Crippen LogP contribution in [0.1, 0.15) is 83.9 Å². The Hall–Kier alpha value is -2.38. The quantitative estimate of drug-likeness (QED) is 0.191. The van der Waals surface area contributed by atoms with E-state index in [1.165, 1.54) is 19.3 Å². The van der Waals surface area contributed by atoms with Crippen molar-refractivity contribution in [3.05, 3.63) is 46.8 Å². The number of nitrogens with two attached hydrogens (primary N) is 4. The minimum atomic E-state index is -0.692. The SMILES string of the molecule is C.CN=Cc1c(N)ccc(/C(N)=C/C=C(N)N)c1C.[B]C([B])(C1CC(C)(C)OC(C)(C)C1)N1CC2CCCC2C1. The number of fused-ring (bicyclic) bond motifs is 1. The molecule has 4 radical (unpaired) electrons. The van der Waals surface area contributed by atoms with E-state index < -0.39 is 5.34 Å². The topological polar surface area (TPSA) is 129 Å². The van der Waals surface area contributed by atoms with Crippen molar-refractivity contribution in [2.24, 2.45) is 39.9 Å². The van der Waals surface area contributed by atoms with Crippen LogP contribution in [0.2, 0.25) is 0 Å². The van der Waals surface area contributed by atoms with Crippen molar-refractivity contribution in [1.29, 1.82) is 0 Å². The summed E-state index contributed by atoms with van der Waals surface area (Å²) in [4.78, 5) is 6.36. The van der Waals surface area contributed by atoms with Gasteiger partial charge in [0, 0.05) is 48.9 Å². The highest BCUT2D eigenvalue weighted by Crippen LogP contribution is 2.46. The Labute approximate surface area is 246 Å². The maximum Gasteiger partial charge on any atom is 0.0934 e. The van der Waals surface area contributed by atoms with Crippen LogP contribution < -0.4 is 22.9 Å². The molecule has 0 spiro atoms. The summed E-state index contributed by atoms with van der Waals surface area (Å²) in [7, 11) is 15.1. The lowest BCUT2D eigenvalue weighted by Crippen LogP contribution is -2.60. The number of hydrogen-bond acceptors (Lipinski definition) is 7. The Bertz CT molecular complexity index is 1080. The van der Waals surface area contributed by atoms with Crippen LogP contribution in [0.25, 0.3) is 5.70 Å². The molecule has 218 valence electrons. The van der Waals surface area contributed by atoms with Gasteiger partial charge in [0.05, 0.1) is 32.7 Å². The van der Waals surface area contributed by atoms with Gasteiger partial charge in [-0.25, -0.2) is 0 Å². The van der Waals surface area contributed by atoms with Gasteiger partial charge in [-0.2, -0.15) is 0 Å². The van der Waals surface area contributed by atoms with Crippen molar-refractivity contribution in [3.8, 4) is 0 Å². The largest absolute Gasteiger partial charge is 0.398 e. The van der Waals surface area contributed by atoms with Crippen molar-refractivity contribution in [2.75, 3.05) is 25.9 Å². The van der Waals surface area contributed by atoms with Gasteiger partial charge in [-0.05, 0) is 102 Å². The molecule has 1 saturated carbocycles. The Morgan fingerprint density at radius 2 is 1.57 bits per heavy atom. The Morgan fingerprint density at radius 3 is 2.08 bits per heavy atom. The molecule has 40 heavy (non-hydrogen) atoms. The van der Waals surface area contributed by atoms with Crippen molar-refractivity contribution < 1.29 is 4.74 Å². The second-order valence-corrected chi connectivity index (χ2v) is 12.9. The molecular weight excluding hydrogens is 494 g/mol. The molecule has 3 aliphatic rings. The molecule has 2 aliphatic heterocycles. The van der Waals surface area contributed by atoms with Gasteiger partial charge in [0.15, 0.2) is 0 Å². The van der Waals surface area contributed by atoms with E-state index in [0.29, 0.717) is 11.4 Å². The predicted octanol–water partition coefficient (Wildman–Crippen LogP) is 4.01. The van der Waals surface area contributed by atoms with Crippen molar-refractivity contribution in [2.45, 2.75) is 90.7 Å². The third kappa shape index (κ3) is 8.10. The fraction of sp³-hybridized carbons (Fsp3) is 0.645. The number of rotatable bonds is 5. The molecule has 7 nitrogen and oxygen atoms in total. The zero-order valence-corrected chi connectivity index (χ0v) is 24.8. The molecule has 0 amide bonds. The van der Waals surface area contributed by atoms with Gasteiger partial charge in [-0.1, -0.05) is 25.3 Å². The highest BCUT2D eigenvalue weighted by molar-refractivity contribution is 6.40. The Morgan fingerprint density at radius 1 is 1.02 bits per heavy atom. The van der Waals surface area contributed by atoms with Gasteiger partial charge in [-0.3, -0.25) is 4.99 Å². The van der Waals surface area contributed by atoms with Gasteiger partial charge < -0.3 is 32.6 Å². The minimum absolute atomic E-state index is 0. The molecule has 4 rings (SSSR count). The summed E-state index contributed by atoms with van der Waals surface area (Å²) in [6, 6.07) is 3.67. The van der Waals surface area contributed by atoms with Crippen LogP contribution in [0, 0.1) is 24.7 Å². The van der Waals surface area contributed by atoms with E-state index in [1.54, 1.807) is 31.5 Å². The summed E-state index contributed by atoms with van der Waals surface area (Å²) in [5, 5.41) is -0.692. The normalized spacial score (nSPS) is 24.6. The number of aliphatic imine (C=N–C) groups is 1. The average Bonchev–Trinajstić information content (AvgIpc) is 3.42. The van der Waals surface area contributed by atoms with Crippen LogP contribution in [0.4, 0.5) is 5.69 Å². The minimum Gasteiger partial charge on any atom is -0.398 e. The molecular formula is C31H52B2N6O. The second-order valence-electron chi connectivity index (χ2n) is 12.9. The predicted molar refractivity (Wildman–Crippen MR) is 173 cm³/mol. The summed E-state index contributed by atoms with van der Waals surface area (Å²) < 4.78 is 6.19. The Kier molecular flexibility index (Phi) is 11.1. The molecule has 1 aromatic rings. The summed E-state index contributed by atoms with van der Waals surface area (Å²) in [5.74, 6) is 2.16. The molecule has 2 atom stereocenters. The first-order valence-electron chi connectivity index (χ1n) is 14.1. The lowest BCUT2D eigenvalue weighted by molar-refractivity contribution is -0.179. The van der Waals surface area contributed by atoms with E-state index in [9.17, 15) is 0 Å². The molecule has 1 aromatic carbocycles. The van der Waals surface area contributed by atoms with Crippen molar-refractivity contribution in [3.63, 3.8) is 0 Å². The monoisotopic (exact) mass is 546 g/mol. The van der Waals surface area contributed by atoms with E-state index in [4.69, 9.17) is 43.4 Å². The second kappa shape index (κ2) is 13.1. The summed E-state index contributed by atoms with van der Waals surface area (Å²) in [6.07, 6.45) is 10.9. The van der Waals surface area contributed by atoms with Crippen LogP contribution in [-0.2, 0) is 4.74 Å². The summed E-state index contributed by atoms with van der Waals surface area (Å²) >= 11 is 0. The van der Waals surface area contributed by atoms with Gasteiger partial charge >= 0.3 is 0 Å². The standard InChI is InChI=1S/C17H29B2NO.C13H19N5.CH4/c1-15(2)8-14(9-16(3,4)21-15)17(18,19)20-10-12-6-5-7-13(12)11-20;1-8-9(11(14)5-6-13(16)17)3-4-12(15)10(8)7-18-2;/h12-14H,5-11H2,1-4H3;3-7H,14-17H2,1-2H3;1H4/b;11-5-,18-7?;. The van der Waals surface area contributed by atoms with Gasteiger partial charge in [0.1, 0.15) is 0 Å². The van der Waals surface area contributed by atoms with Crippen molar-refractivity contribution in [1.82, 2.24) is 4.90 Å². The third-order valence-electron chi connectivity index (χ3n) is 8.53. The van der Waals surface area contributed by atoms with Crippen LogP contribution >= 0.6 is 0 Å². The lowest BCUT2D eigenvalue weighted by atomic mass is 9.50. The van der Waals surface area contributed by atoms with Crippen LogP contribution in [0.5, 0.6) is 0 Å². The van der Waals surface area contributed by atoms with Crippen LogP contribution in [0.3, 0.4) is 0 Å². The maximum absolute atomic E-state index is 6.69. The summed E-state index contributed by atoms with van der Waals surface area (Å²) in [5.41, 5.74) is 26.3.